The average Bonchev–Trinajstić information content (AvgIpc) is 3.29. The van der Waals surface area contributed by atoms with Crippen molar-refractivity contribution in [2.24, 2.45) is 0 Å². The minimum absolute atomic E-state index is 0.0807. The van der Waals surface area contributed by atoms with Gasteiger partial charge in [-0.25, -0.2) is 0 Å². The van der Waals surface area contributed by atoms with Crippen molar-refractivity contribution in [3.8, 4) is 0 Å². The summed E-state index contributed by atoms with van der Waals surface area (Å²) in [5, 5.41) is 0. The topological polar surface area (TPSA) is 78.9 Å². The molecule has 0 N–H and O–H groups in total. The maximum Gasteiger partial charge on any atom is 0.306 e. The summed E-state index contributed by atoms with van der Waals surface area (Å²) in [6, 6.07) is 0. The molecule has 0 spiro atoms. The first-order valence-corrected chi connectivity index (χ1v) is 26.9. The molecule has 6 heteroatoms. The van der Waals surface area contributed by atoms with Crippen molar-refractivity contribution in [3.63, 3.8) is 0 Å². The average molecular weight is 893 g/mol. The number of hydrogen-bond donors (Lipinski definition) is 0. The molecule has 1 unspecified atom stereocenters. The molecule has 0 bridgehead atoms. The number of carbonyl (C=O) groups is 3. The molecule has 0 aliphatic carbocycles. The second-order valence-corrected chi connectivity index (χ2v) is 17.8. The summed E-state index contributed by atoms with van der Waals surface area (Å²) in [7, 11) is 0. The molecular weight excluding hydrogens is 793 g/mol. The third-order valence-electron chi connectivity index (χ3n) is 11.4. The molecule has 0 heterocycles. The van der Waals surface area contributed by atoms with E-state index >= 15 is 0 Å². The first kappa shape index (κ1) is 60.9. The zero-order chi connectivity index (χ0) is 46.5. The fraction of sp³-hybridized carbons (Fsp3) is 0.741. The Balaban J connectivity index is 4.30. The Morgan fingerprint density at radius 1 is 0.328 bits per heavy atom. The SMILES string of the molecule is CC/C=C\C/C=C\C/C=C\C/C=C\C/C=C\CCCCCCCCCC(=O)OCC(COC(=O)CCCCCCCCCCC)OC(=O)CCCCCCC/C=C\CCCCCCC. The highest BCUT2D eigenvalue weighted by atomic mass is 16.6. The molecular formula is C58H100O6. The molecule has 0 radical (unpaired) electrons. The summed E-state index contributed by atoms with van der Waals surface area (Å²) in [6.07, 6.45) is 66.0. The summed E-state index contributed by atoms with van der Waals surface area (Å²) >= 11 is 0. The lowest BCUT2D eigenvalue weighted by Gasteiger charge is -2.18. The molecule has 0 aromatic heterocycles. The van der Waals surface area contributed by atoms with E-state index in [1.807, 2.05) is 0 Å². The van der Waals surface area contributed by atoms with Crippen LogP contribution in [-0.4, -0.2) is 37.2 Å². The van der Waals surface area contributed by atoms with Gasteiger partial charge < -0.3 is 14.2 Å². The standard InChI is InChI=1S/C58H100O6/c1-4-7-10-13-16-19-21-23-25-26-27-28-29-30-31-32-33-35-36-39-42-45-48-51-57(60)63-54-55(53-62-56(59)50-47-44-41-38-18-15-12-9-6-3)64-58(61)52-49-46-43-40-37-34-24-22-20-17-14-11-8-5-2/h7,10,16,19,22-25,27-28,30-31,55H,4-6,8-9,11-15,17-18,20-21,26,29,32-54H2,1-3H3/b10-7-,19-16-,24-22-,25-23-,28-27-,31-30-. The summed E-state index contributed by atoms with van der Waals surface area (Å²) in [4.78, 5) is 37.9. The van der Waals surface area contributed by atoms with Gasteiger partial charge in [0, 0.05) is 19.3 Å². The van der Waals surface area contributed by atoms with E-state index < -0.39 is 6.10 Å². The lowest BCUT2D eigenvalue weighted by Crippen LogP contribution is -2.30. The quantitative estimate of drug-likeness (QED) is 0.0262. The van der Waals surface area contributed by atoms with Gasteiger partial charge in [0.1, 0.15) is 13.2 Å². The zero-order valence-corrected chi connectivity index (χ0v) is 42.0. The van der Waals surface area contributed by atoms with E-state index in [-0.39, 0.29) is 31.1 Å². The monoisotopic (exact) mass is 893 g/mol. The molecule has 64 heavy (non-hydrogen) atoms. The minimum Gasteiger partial charge on any atom is -0.462 e. The van der Waals surface area contributed by atoms with Gasteiger partial charge in [-0.1, -0.05) is 222 Å². The van der Waals surface area contributed by atoms with Crippen molar-refractivity contribution in [2.75, 3.05) is 13.2 Å². The Morgan fingerprint density at radius 2 is 0.609 bits per heavy atom. The number of ether oxygens (including phenoxy) is 3. The first-order valence-electron chi connectivity index (χ1n) is 26.9. The van der Waals surface area contributed by atoms with E-state index in [4.69, 9.17) is 14.2 Å². The Labute approximate surface area is 395 Å². The van der Waals surface area contributed by atoms with E-state index in [1.165, 1.54) is 109 Å². The van der Waals surface area contributed by atoms with Gasteiger partial charge in [-0.3, -0.25) is 14.4 Å². The molecule has 0 saturated heterocycles. The van der Waals surface area contributed by atoms with E-state index in [1.54, 1.807) is 0 Å². The van der Waals surface area contributed by atoms with Crippen LogP contribution < -0.4 is 0 Å². The summed E-state index contributed by atoms with van der Waals surface area (Å²) in [5.41, 5.74) is 0. The number of hydrogen-bond acceptors (Lipinski definition) is 6. The highest BCUT2D eigenvalue weighted by Gasteiger charge is 2.19. The maximum atomic E-state index is 12.8. The minimum atomic E-state index is -0.781. The van der Waals surface area contributed by atoms with Gasteiger partial charge in [-0.2, -0.15) is 0 Å². The number of unbranched alkanes of at least 4 members (excludes halogenated alkanes) is 25. The van der Waals surface area contributed by atoms with Crippen molar-refractivity contribution >= 4 is 17.9 Å². The van der Waals surface area contributed by atoms with Gasteiger partial charge in [0.15, 0.2) is 6.10 Å². The number of carbonyl (C=O) groups excluding carboxylic acids is 3. The smallest absolute Gasteiger partial charge is 0.306 e. The highest BCUT2D eigenvalue weighted by molar-refractivity contribution is 5.71. The van der Waals surface area contributed by atoms with Crippen LogP contribution in [-0.2, 0) is 28.6 Å². The highest BCUT2D eigenvalue weighted by Crippen LogP contribution is 2.14. The van der Waals surface area contributed by atoms with Crippen LogP contribution in [0.4, 0.5) is 0 Å². The molecule has 1 atom stereocenters. The summed E-state index contributed by atoms with van der Waals surface area (Å²) < 4.78 is 16.8. The Kier molecular flexibility index (Phi) is 49.9. The van der Waals surface area contributed by atoms with Crippen molar-refractivity contribution in [3.05, 3.63) is 72.9 Å². The van der Waals surface area contributed by atoms with Crippen molar-refractivity contribution in [1.29, 1.82) is 0 Å². The molecule has 0 aliphatic heterocycles. The van der Waals surface area contributed by atoms with E-state index in [9.17, 15) is 14.4 Å². The van der Waals surface area contributed by atoms with Crippen LogP contribution in [0, 0.1) is 0 Å². The van der Waals surface area contributed by atoms with Crippen LogP contribution in [0.25, 0.3) is 0 Å². The number of rotatable bonds is 48. The normalized spacial score (nSPS) is 12.6. The largest absolute Gasteiger partial charge is 0.462 e. The molecule has 0 rings (SSSR count). The van der Waals surface area contributed by atoms with Gasteiger partial charge in [0.2, 0.25) is 0 Å². The van der Waals surface area contributed by atoms with Crippen LogP contribution >= 0.6 is 0 Å². The zero-order valence-electron chi connectivity index (χ0n) is 42.0. The number of esters is 3. The third kappa shape index (κ3) is 49.9. The molecule has 368 valence electrons. The van der Waals surface area contributed by atoms with Crippen LogP contribution in [0.1, 0.15) is 258 Å². The van der Waals surface area contributed by atoms with Crippen LogP contribution in [0.5, 0.6) is 0 Å². The van der Waals surface area contributed by atoms with Crippen LogP contribution in [0.3, 0.4) is 0 Å². The van der Waals surface area contributed by atoms with E-state index in [2.05, 4.69) is 93.7 Å². The predicted octanol–water partition coefficient (Wildman–Crippen LogP) is 17.8. The van der Waals surface area contributed by atoms with E-state index in [0.29, 0.717) is 19.3 Å². The molecule has 0 amide bonds. The molecule has 0 fully saturated rings. The molecule has 0 saturated carbocycles. The Bertz CT molecular complexity index is 1210. The van der Waals surface area contributed by atoms with Crippen molar-refractivity contribution < 1.29 is 28.6 Å². The number of allylic oxidation sites excluding steroid dienone is 12. The van der Waals surface area contributed by atoms with Gasteiger partial charge in [0.25, 0.3) is 0 Å². The second-order valence-electron chi connectivity index (χ2n) is 17.8. The predicted molar refractivity (Wildman–Crippen MR) is 274 cm³/mol. The fourth-order valence-electron chi connectivity index (χ4n) is 7.40. The summed E-state index contributed by atoms with van der Waals surface area (Å²) in [5.74, 6) is -0.900. The molecule has 0 aromatic rings. The van der Waals surface area contributed by atoms with Crippen molar-refractivity contribution in [1.82, 2.24) is 0 Å². The molecule has 0 aliphatic rings. The van der Waals surface area contributed by atoms with E-state index in [0.717, 1.165) is 109 Å². The molecule has 0 aromatic carbocycles. The van der Waals surface area contributed by atoms with Crippen molar-refractivity contribution in [2.45, 2.75) is 264 Å². The second kappa shape index (κ2) is 52.5. The summed E-state index contributed by atoms with van der Waals surface area (Å²) in [6.45, 7) is 6.48. The van der Waals surface area contributed by atoms with Gasteiger partial charge in [0.05, 0.1) is 0 Å². The van der Waals surface area contributed by atoms with Gasteiger partial charge in [-0.05, 0) is 89.9 Å². The van der Waals surface area contributed by atoms with Gasteiger partial charge in [-0.15, -0.1) is 0 Å². The maximum absolute atomic E-state index is 12.8. The van der Waals surface area contributed by atoms with Crippen LogP contribution in [0.15, 0.2) is 72.9 Å². The lowest BCUT2D eigenvalue weighted by molar-refractivity contribution is -0.167. The van der Waals surface area contributed by atoms with Crippen LogP contribution in [0.2, 0.25) is 0 Å². The third-order valence-corrected chi connectivity index (χ3v) is 11.4. The van der Waals surface area contributed by atoms with Gasteiger partial charge >= 0.3 is 17.9 Å². The Morgan fingerprint density at radius 3 is 0.969 bits per heavy atom. The Hall–Kier alpha value is -3.15. The fourth-order valence-corrected chi connectivity index (χ4v) is 7.40. The first-order chi connectivity index (χ1) is 31.5. The molecule has 6 nitrogen and oxygen atoms in total. The lowest BCUT2D eigenvalue weighted by atomic mass is 10.1.